The lowest BCUT2D eigenvalue weighted by Gasteiger charge is -2.40. The van der Waals surface area contributed by atoms with Crippen LogP contribution in [0.3, 0.4) is 0 Å². The van der Waals surface area contributed by atoms with Crippen LogP contribution in [0.5, 0.6) is 5.75 Å². The zero-order chi connectivity index (χ0) is 11.7. The van der Waals surface area contributed by atoms with Crippen molar-refractivity contribution in [3.05, 3.63) is 29.0 Å². The number of methoxy groups -OCH3 is 1. The first-order chi connectivity index (χ1) is 7.61. The predicted molar refractivity (Wildman–Crippen MR) is 59.2 cm³/mol. The Bertz CT molecular complexity index is 388. The molecule has 1 fully saturated rings. The van der Waals surface area contributed by atoms with E-state index in [0.29, 0.717) is 12.2 Å². The topological polar surface area (TPSA) is 44.5 Å². The van der Waals surface area contributed by atoms with E-state index >= 15 is 0 Å². The van der Waals surface area contributed by atoms with Gasteiger partial charge in [-0.05, 0) is 12.1 Å². The molecule has 1 aromatic rings. The van der Waals surface area contributed by atoms with Crippen molar-refractivity contribution in [3.8, 4) is 5.75 Å². The third kappa shape index (κ3) is 2.14. The van der Waals surface area contributed by atoms with E-state index < -0.39 is 5.82 Å². The van der Waals surface area contributed by atoms with Crippen molar-refractivity contribution in [1.82, 2.24) is 0 Å². The molecule has 0 saturated heterocycles. The molecule has 0 spiro atoms. The molecular weight excluding hydrogens is 233 g/mol. The molecule has 0 aromatic heterocycles. The van der Waals surface area contributed by atoms with Crippen LogP contribution in [-0.2, 0) is 4.74 Å². The van der Waals surface area contributed by atoms with Crippen molar-refractivity contribution < 1.29 is 13.9 Å². The second kappa shape index (κ2) is 4.57. The van der Waals surface area contributed by atoms with E-state index in [1.165, 1.54) is 12.1 Å². The smallest absolute Gasteiger partial charge is 0.145 e. The van der Waals surface area contributed by atoms with Gasteiger partial charge in [-0.15, -0.1) is 0 Å². The highest BCUT2D eigenvalue weighted by molar-refractivity contribution is 6.30. The summed E-state index contributed by atoms with van der Waals surface area (Å²) in [6.07, 6.45) is 0.474. The third-order valence-corrected chi connectivity index (χ3v) is 3.05. The quantitative estimate of drug-likeness (QED) is 0.886. The highest BCUT2D eigenvalue weighted by Gasteiger charge is 2.40. The minimum atomic E-state index is -0.489. The van der Waals surface area contributed by atoms with Crippen LogP contribution in [0.15, 0.2) is 18.2 Å². The normalized spacial score (nSPS) is 28.6. The molecule has 0 radical (unpaired) electrons. The van der Waals surface area contributed by atoms with Crippen LogP contribution in [0.4, 0.5) is 4.39 Å². The molecule has 1 aliphatic carbocycles. The molecule has 3 nitrogen and oxygen atoms in total. The van der Waals surface area contributed by atoms with Gasteiger partial charge in [-0.3, -0.25) is 0 Å². The Labute approximate surface area is 98.3 Å². The van der Waals surface area contributed by atoms with E-state index in [2.05, 4.69) is 0 Å². The van der Waals surface area contributed by atoms with Crippen molar-refractivity contribution in [3.63, 3.8) is 0 Å². The standard InChI is InChI=1S/C11H13ClFNO2/c1-15-11-9(14)5-10(11)16-6-2-3-7(12)8(13)4-6/h2-4,9-11H,5,14H2,1H3. The number of halogens is 2. The molecule has 1 saturated carbocycles. The maximum atomic E-state index is 13.1. The van der Waals surface area contributed by atoms with Crippen molar-refractivity contribution in [2.75, 3.05) is 7.11 Å². The number of rotatable bonds is 3. The zero-order valence-electron chi connectivity index (χ0n) is 8.82. The summed E-state index contributed by atoms with van der Waals surface area (Å²) < 4.78 is 23.9. The van der Waals surface area contributed by atoms with Crippen LogP contribution in [-0.4, -0.2) is 25.4 Å². The zero-order valence-corrected chi connectivity index (χ0v) is 9.58. The van der Waals surface area contributed by atoms with E-state index in [1.54, 1.807) is 13.2 Å². The molecule has 1 aromatic carbocycles. The first-order valence-electron chi connectivity index (χ1n) is 5.02. The molecule has 0 amide bonds. The van der Waals surface area contributed by atoms with E-state index in [1.807, 2.05) is 0 Å². The lowest BCUT2D eigenvalue weighted by atomic mass is 9.86. The molecule has 2 rings (SSSR count). The molecule has 2 N–H and O–H groups in total. The molecule has 5 heteroatoms. The fraction of sp³-hybridized carbons (Fsp3) is 0.455. The maximum Gasteiger partial charge on any atom is 0.145 e. The molecule has 3 unspecified atom stereocenters. The Kier molecular flexibility index (Phi) is 3.33. The first-order valence-corrected chi connectivity index (χ1v) is 5.39. The number of ether oxygens (including phenoxy) is 2. The van der Waals surface area contributed by atoms with Crippen LogP contribution in [0.25, 0.3) is 0 Å². The summed E-state index contributed by atoms with van der Waals surface area (Å²) in [6.45, 7) is 0. The van der Waals surface area contributed by atoms with Gasteiger partial charge in [-0.25, -0.2) is 4.39 Å². The van der Waals surface area contributed by atoms with Crippen LogP contribution in [0, 0.1) is 5.82 Å². The van der Waals surface area contributed by atoms with Crippen LogP contribution in [0.2, 0.25) is 5.02 Å². The van der Waals surface area contributed by atoms with Gasteiger partial charge in [0.2, 0.25) is 0 Å². The van der Waals surface area contributed by atoms with Gasteiger partial charge < -0.3 is 15.2 Å². The Morgan fingerprint density at radius 2 is 2.25 bits per heavy atom. The van der Waals surface area contributed by atoms with Crippen LogP contribution in [0.1, 0.15) is 6.42 Å². The SMILES string of the molecule is COC1C(N)CC1Oc1ccc(Cl)c(F)c1. The van der Waals surface area contributed by atoms with Gasteiger partial charge in [0.15, 0.2) is 0 Å². The first kappa shape index (κ1) is 11.6. The fourth-order valence-electron chi connectivity index (χ4n) is 1.78. The average molecular weight is 246 g/mol. The summed E-state index contributed by atoms with van der Waals surface area (Å²) in [4.78, 5) is 0. The molecule has 3 atom stereocenters. The van der Waals surface area contributed by atoms with Gasteiger partial charge in [-0.2, -0.15) is 0 Å². The molecule has 0 heterocycles. The molecule has 0 bridgehead atoms. The fourth-order valence-corrected chi connectivity index (χ4v) is 1.90. The summed E-state index contributed by atoms with van der Waals surface area (Å²) >= 11 is 5.57. The lowest BCUT2D eigenvalue weighted by Crippen LogP contribution is -2.59. The van der Waals surface area contributed by atoms with Crippen molar-refractivity contribution in [1.29, 1.82) is 0 Å². The minimum Gasteiger partial charge on any atom is -0.487 e. The molecule has 88 valence electrons. The predicted octanol–water partition coefficient (Wildman–Crippen LogP) is 1.97. The van der Waals surface area contributed by atoms with Gasteiger partial charge in [0, 0.05) is 25.6 Å². The highest BCUT2D eigenvalue weighted by atomic mass is 35.5. The summed E-state index contributed by atoms with van der Waals surface area (Å²) in [7, 11) is 1.59. The average Bonchev–Trinajstić information content (AvgIpc) is 2.23. The Morgan fingerprint density at radius 3 is 2.81 bits per heavy atom. The lowest BCUT2D eigenvalue weighted by molar-refractivity contribution is -0.0783. The Balaban J connectivity index is 2.02. The summed E-state index contributed by atoms with van der Waals surface area (Å²) in [6, 6.07) is 4.35. The monoisotopic (exact) mass is 245 g/mol. The number of benzene rings is 1. The van der Waals surface area contributed by atoms with E-state index in [-0.39, 0.29) is 23.3 Å². The van der Waals surface area contributed by atoms with Crippen LogP contribution >= 0.6 is 11.6 Å². The highest BCUT2D eigenvalue weighted by Crippen LogP contribution is 2.28. The minimum absolute atomic E-state index is 0.00727. The van der Waals surface area contributed by atoms with Crippen LogP contribution < -0.4 is 10.5 Å². The second-order valence-corrected chi connectivity index (χ2v) is 4.24. The molecule has 16 heavy (non-hydrogen) atoms. The van der Waals surface area contributed by atoms with E-state index in [0.717, 1.165) is 0 Å². The van der Waals surface area contributed by atoms with Gasteiger partial charge in [0.1, 0.15) is 23.8 Å². The Morgan fingerprint density at radius 1 is 1.50 bits per heavy atom. The van der Waals surface area contributed by atoms with E-state index in [9.17, 15) is 4.39 Å². The molecule has 1 aliphatic rings. The number of nitrogens with two attached hydrogens (primary N) is 1. The maximum absolute atomic E-state index is 13.1. The molecular formula is C11H13ClFNO2. The second-order valence-electron chi connectivity index (χ2n) is 3.83. The summed E-state index contributed by atoms with van der Waals surface area (Å²) in [5.74, 6) is -0.0439. The van der Waals surface area contributed by atoms with Crippen molar-refractivity contribution >= 4 is 11.6 Å². The largest absolute Gasteiger partial charge is 0.487 e. The van der Waals surface area contributed by atoms with Gasteiger partial charge in [0.25, 0.3) is 0 Å². The summed E-state index contributed by atoms with van der Waals surface area (Å²) in [5.41, 5.74) is 5.73. The van der Waals surface area contributed by atoms with Crippen molar-refractivity contribution in [2.24, 2.45) is 5.73 Å². The van der Waals surface area contributed by atoms with Gasteiger partial charge in [0.05, 0.1) is 5.02 Å². The molecule has 0 aliphatic heterocycles. The number of hydrogen-bond donors (Lipinski definition) is 1. The Hall–Kier alpha value is -0.840. The van der Waals surface area contributed by atoms with E-state index in [4.69, 9.17) is 26.8 Å². The number of hydrogen-bond acceptors (Lipinski definition) is 3. The third-order valence-electron chi connectivity index (χ3n) is 2.74. The van der Waals surface area contributed by atoms with Gasteiger partial charge >= 0.3 is 0 Å². The van der Waals surface area contributed by atoms with Gasteiger partial charge in [-0.1, -0.05) is 11.6 Å². The summed E-state index contributed by atoms with van der Waals surface area (Å²) in [5, 5.41) is 0.0842. The van der Waals surface area contributed by atoms with Crippen molar-refractivity contribution in [2.45, 2.75) is 24.7 Å².